The van der Waals surface area contributed by atoms with E-state index in [9.17, 15) is 14.9 Å². The molecule has 2 rings (SSSR count). The minimum Gasteiger partial charge on any atom is -0.322 e. The van der Waals surface area contributed by atoms with Crippen molar-refractivity contribution in [3.05, 3.63) is 65.7 Å². The third-order valence-electron chi connectivity index (χ3n) is 3.10. The molecule has 2 aromatic rings. The number of rotatable bonds is 3. The topological polar surface area (TPSA) is 72.2 Å². The van der Waals surface area contributed by atoms with Crippen LogP contribution in [0, 0.1) is 27.5 Å². The van der Waals surface area contributed by atoms with Crippen molar-refractivity contribution in [3.8, 4) is 0 Å². The smallest absolute Gasteiger partial charge is 0.288 e. The van der Waals surface area contributed by atoms with Crippen LogP contribution in [0.25, 0.3) is 0 Å². The summed E-state index contributed by atoms with van der Waals surface area (Å²) in [5, 5.41) is 13.6. The summed E-state index contributed by atoms with van der Waals surface area (Å²) in [6.07, 6.45) is 0. The number of nitrogens with one attached hydrogen (secondary N) is 1. The van der Waals surface area contributed by atoms with Crippen LogP contribution in [-0.4, -0.2) is 10.8 Å². The van der Waals surface area contributed by atoms with Gasteiger partial charge >= 0.3 is 0 Å². The first kappa shape index (κ1) is 16.7. The lowest BCUT2D eigenvalue weighted by Gasteiger charge is -2.10. The van der Waals surface area contributed by atoms with Gasteiger partial charge in [0.15, 0.2) is 0 Å². The number of carbonyl (C=O) groups excluding carboxylic acids is 1. The van der Waals surface area contributed by atoms with Gasteiger partial charge in [0.2, 0.25) is 0 Å². The molecule has 2 aromatic carbocycles. The zero-order chi connectivity index (χ0) is 16.4. The molecule has 0 bridgehead atoms. The van der Waals surface area contributed by atoms with Gasteiger partial charge in [-0.3, -0.25) is 14.9 Å². The number of hydrogen-bond donors (Lipinski definition) is 1. The van der Waals surface area contributed by atoms with Gasteiger partial charge in [0.1, 0.15) is 5.02 Å². The number of halogens is 2. The van der Waals surface area contributed by atoms with E-state index in [2.05, 4.69) is 27.9 Å². The summed E-state index contributed by atoms with van der Waals surface area (Å²) < 4.78 is 1.14. The zero-order valence-electron chi connectivity index (χ0n) is 11.8. The second kappa shape index (κ2) is 6.62. The summed E-state index contributed by atoms with van der Waals surface area (Å²) >= 11 is 7.98. The normalized spacial score (nSPS) is 10.4. The van der Waals surface area contributed by atoms with Gasteiger partial charge in [0.05, 0.1) is 4.92 Å². The molecule has 114 valence electrons. The highest BCUT2D eigenvalue weighted by atomic mass is 127. The maximum atomic E-state index is 12.2. The lowest BCUT2D eigenvalue weighted by Crippen LogP contribution is -2.12. The van der Waals surface area contributed by atoms with E-state index in [1.807, 2.05) is 26.0 Å². The minimum atomic E-state index is -0.613. The van der Waals surface area contributed by atoms with Crippen LogP contribution in [0.1, 0.15) is 21.5 Å². The van der Waals surface area contributed by atoms with Crippen LogP contribution in [0.15, 0.2) is 30.3 Å². The molecule has 1 amide bonds. The highest BCUT2D eigenvalue weighted by Gasteiger charge is 2.16. The highest BCUT2D eigenvalue weighted by molar-refractivity contribution is 14.1. The zero-order valence-corrected chi connectivity index (χ0v) is 14.7. The van der Waals surface area contributed by atoms with E-state index in [0.29, 0.717) is 5.69 Å². The SMILES string of the molecule is Cc1cc(NC(=O)c2ccc(Cl)c([N+](=O)[O-])c2)cc(C)c1I. The molecule has 0 aliphatic heterocycles. The Kier molecular flexibility index (Phi) is 5.02. The Bertz CT molecular complexity index is 754. The summed E-state index contributed by atoms with van der Waals surface area (Å²) in [7, 11) is 0. The second-order valence-corrected chi connectivity index (χ2v) is 6.29. The van der Waals surface area contributed by atoms with Crippen LogP contribution in [0.2, 0.25) is 5.02 Å². The first-order chi connectivity index (χ1) is 10.3. The predicted octanol–water partition coefficient (Wildman–Crippen LogP) is 4.72. The van der Waals surface area contributed by atoms with Crippen LogP contribution in [0.3, 0.4) is 0 Å². The van der Waals surface area contributed by atoms with Crippen molar-refractivity contribution < 1.29 is 9.72 Å². The van der Waals surface area contributed by atoms with Gasteiger partial charge in [0.25, 0.3) is 11.6 Å². The number of amides is 1. The third-order valence-corrected chi connectivity index (χ3v) is 5.12. The molecule has 0 fully saturated rings. The maximum absolute atomic E-state index is 12.2. The molecule has 5 nitrogen and oxygen atoms in total. The molecule has 1 N–H and O–H groups in total. The predicted molar refractivity (Wildman–Crippen MR) is 94.7 cm³/mol. The Hall–Kier alpha value is -1.67. The summed E-state index contributed by atoms with van der Waals surface area (Å²) in [4.78, 5) is 22.5. The molecule has 0 aliphatic rings. The number of nitro benzene ring substituents is 1. The third kappa shape index (κ3) is 3.56. The van der Waals surface area contributed by atoms with Crippen molar-refractivity contribution in [1.29, 1.82) is 0 Å². The summed E-state index contributed by atoms with van der Waals surface area (Å²) in [5.74, 6) is -0.417. The second-order valence-electron chi connectivity index (χ2n) is 4.80. The molecular weight excluding hydrogens is 419 g/mol. The molecule has 0 saturated heterocycles. The number of nitrogens with zero attached hydrogens (tertiary/aromatic N) is 1. The maximum Gasteiger partial charge on any atom is 0.288 e. The van der Waals surface area contributed by atoms with E-state index >= 15 is 0 Å². The molecule has 0 atom stereocenters. The van der Waals surface area contributed by atoms with Crippen molar-refractivity contribution in [2.75, 3.05) is 5.32 Å². The number of benzene rings is 2. The highest BCUT2D eigenvalue weighted by Crippen LogP contribution is 2.26. The number of hydrogen-bond acceptors (Lipinski definition) is 3. The molecule has 0 spiro atoms. The van der Waals surface area contributed by atoms with E-state index < -0.39 is 10.8 Å². The van der Waals surface area contributed by atoms with Crippen LogP contribution < -0.4 is 5.32 Å². The molecule has 0 saturated carbocycles. The summed E-state index contributed by atoms with van der Waals surface area (Å²) in [6.45, 7) is 3.91. The number of carbonyl (C=O) groups is 1. The van der Waals surface area contributed by atoms with E-state index in [1.165, 1.54) is 18.2 Å². The van der Waals surface area contributed by atoms with Gasteiger partial charge < -0.3 is 5.32 Å². The fourth-order valence-corrected chi connectivity index (χ4v) is 2.51. The number of anilines is 1. The molecule has 0 aromatic heterocycles. The quantitative estimate of drug-likeness (QED) is 0.435. The Labute approximate surface area is 146 Å². The first-order valence-electron chi connectivity index (χ1n) is 6.31. The Balaban J connectivity index is 2.30. The van der Waals surface area contributed by atoms with Gasteiger partial charge in [0, 0.05) is 20.9 Å². The van der Waals surface area contributed by atoms with Crippen molar-refractivity contribution in [1.82, 2.24) is 0 Å². The van der Waals surface area contributed by atoms with Crippen molar-refractivity contribution in [2.24, 2.45) is 0 Å². The molecule has 0 heterocycles. The minimum absolute atomic E-state index is 0.00232. The Morgan fingerprint density at radius 3 is 2.36 bits per heavy atom. The van der Waals surface area contributed by atoms with Gasteiger partial charge in [-0.1, -0.05) is 11.6 Å². The van der Waals surface area contributed by atoms with E-state index in [0.717, 1.165) is 14.7 Å². The van der Waals surface area contributed by atoms with Crippen LogP contribution in [0.5, 0.6) is 0 Å². The molecular formula is C15H12ClIN2O3. The average Bonchev–Trinajstić information content (AvgIpc) is 2.44. The van der Waals surface area contributed by atoms with Crippen molar-refractivity contribution in [2.45, 2.75) is 13.8 Å². The van der Waals surface area contributed by atoms with Crippen LogP contribution in [0.4, 0.5) is 11.4 Å². The monoisotopic (exact) mass is 430 g/mol. The summed E-state index contributed by atoms with van der Waals surface area (Å²) in [6, 6.07) is 7.69. The number of nitro groups is 1. The van der Waals surface area contributed by atoms with Crippen LogP contribution >= 0.6 is 34.2 Å². The van der Waals surface area contributed by atoms with Gasteiger partial charge in [-0.2, -0.15) is 0 Å². The first-order valence-corrected chi connectivity index (χ1v) is 7.77. The fraction of sp³-hybridized carbons (Fsp3) is 0.133. The number of aryl methyl sites for hydroxylation is 2. The van der Waals surface area contributed by atoms with E-state index in [4.69, 9.17) is 11.6 Å². The van der Waals surface area contributed by atoms with E-state index in [-0.39, 0.29) is 16.3 Å². The Morgan fingerprint density at radius 1 is 1.23 bits per heavy atom. The largest absolute Gasteiger partial charge is 0.322 e. The standard InChI is InChI=1S/C15H12ClIN2O3/c1-8-5-11(6-9(2)14(8)17)18-15(20)10-3-4-12(16)13(7-10)19(21)22/h3-7H,1-2H3,(H,18,20). The molecule has 7 heteroatoms. The molecule has 22 heavy (non-hydrogen) atoms. The molecule has 0 aliphatic carbocycles. The van der Waals surface area contributed by atoms with E-state index in [1.54, 1.807) is 0 Å². The van der Waals surface area contributed by atoms with Gasteiger partial charge in [-0.25, -0.2) is 0 Å². The lowest BCUT2D eigenvalue weighted by atomic mass is 10.1. The van der Waals surface area contributed by atoms with Crippen molar-refractivity contribution in [3.63, 3.8) is 0 Å². The summed E-state index contributed by atoms with van der Waals surface area (Å²) in [5.41, 5.74) is 2.66. The molecule has 0 unspecified atom stereocenters. The molecule has 0 radical (unpaired) electrons. The lowest BCUT2D eigenvalue weighted by molar-refractivity contribution is -0.384. The fourth-order valence-electron chi connectivity index (χ4n) is 2.02. The Morgan fingerprint density at radius 2 is 1.82 bits per heavy atom. The van der Waals surface area contributed by atoms with Crippen LogP contribution in [-0.2, 0) is 0 Å². The average molecular weight is 431 g/mol. The van der Waals surface area contributed by atoms with Gasteiger partial charge in [-0.05, 0) is 71.8 Å². The van der Waals surface area contributed by atoms with Crippen molar-refractivity contribution >= 4 is 51.5 Å². The van der Waals surface area contributed by atoms with Gasteiger partial charge in [-0.15, -0.1) is 0 Å².